The van der Waals surface area contributed by atoms with Gasteiger partial charge in [0, 0.05) is 29.6 Å². The van der Waals surface area contributed by atoms with E-state index in [0.717, 1.165) is 11.1 Å². The molecule has 0 radical (unpaired) electrons. The fraction of sp³-hybridized carbons (Fsp3) is 0.429. The molecule has 2 aromatic heterocycles. The number of hydrogen-bond donors (Lipinski definition) is 2. The maximum Gasteiger partial charge on any atom is 0.153 e. The number of pyridine rings is 1. The number of H-pyrrole nitrogens is 1. The zero-order valence-electron chi connectivity index (χ0n) is 10.4. The first-order chi connectivity index (χ1) is 8.86. The minimum atomic E-state index is 0.576. The number of nitrogen functional groups attached to an aromatic ring is 1. The van der Waals surface area contributed by atoms with Gasteiger partial charge in [-0.2, -0.15) is 5.10 Å². The molecule has 0 bridgehead atoms. The van der Waals surface area contributed by atoms with E-state index >= 15 is 0 Å². The van der Waals surface area contributed by atoms with Crippen molar-refractivity contribution in [3.63, 3.8) is 0 Å². The Morgan fingerprint density at radius 1 is 1.11 bits per heavy atom. The molecule has 1 saturated carbocycles. The number of aromatic nitrogens is 3. The van der Waals surface area contributed by atoms with Gasteiger partial charge in [-0.3, -0.25) is 10.1 Å². The van der Waals surface area contributed by atoms with Gasteiger partial charge in [-0.05, 0) is 30.5 Å². The van der Waals surface area contributed by atoms with Crippen molar-refractivity contribution in [2.45, 2.75) is 38.0 Å². The molecule has 2 aromatic rings. The molecule has 1 aliphatic rings. The summed E-state index contributed by atoms with van der Waals surface area (Å²) in [5.41, 5.74) is 9.41. The lowest BCUT2D eigenvalue weighted by Crippen LogP contribution is -2.06. The van der Waals surface area contributed by atoms with E-state index < -0.39 is 0 Å². The Bertz CT molecular complexity index is 512. The molecule has 4 heteroatoms. The summed E-state index contributed by atoms with van der Waals surface area (Å²) in [5, 5.41) is 7.35. The Kier molecular flexibility index (Phi) is 3.00. The largest absolute Gasteiger partial charge is 0.382 e. The summed E-state index contributed by atoms with van der Waals surface area (Å²) in [6.45, 7) is 0. The van der Waals surface area contributed by atoms with Crippen LogP contribution in [-0.4, -0.2) is 15.2 Å². The first-order valence-corrected chi connectivity index (χ1v) is 6.60. The van der Waals surface area contributed by atoms with Crippen LogP contribution in [0, 0.1) is 0 Å². The predicted octanol–water partition coefficient (Wildman–Crippen LogP) is 3.10. The number of anilines is 1. The normalized spacial score (nSPS) is 16.9. The van der Waals surface area contributed by atoms with Crippen molar-refractivity contribution in [2.24, 2.45) is 0 Å². The van der Waals surface area contributed by atoms with E-state index in [2.05, 4.69) is 15.2 Å². The van der Waals surface area contributed by atoms with E-state index in [1.807, 2.05) is 12.1 Å². The Hall–Kier alpha value is -1.84. The standard InChI is InChI=1S/C14H18N4/c15-14-12(10-6-8-16-9-7-10)13(17-18-14)11-4-2-1-3-5-11/h6-9,11H,1-5H2,(H3,15,17,18). The van der Waals surface area contributed by atoms with Gasteiger partial charge in [-0.25, -0.2) is 0 Å². The van der Waals surface area contributed by atoms with Crippen LogP contribution >= 0.6 is 0 Å². The number of nitrogens with one attached hydrogen (secondary N) is 1. The summed E-state index contributed by atoms with van der Waals surface area (Å²) in [6.07, 6.45) is 10.0. The summed E-state index contributed by atoms with van der Waals surface area (Å²) >= 11 is 0. The number of nitrogens with two attached hydrogens (primary N) is 1. The molecular weight excluding hydrogens is 224 g/mol. The van der Waals surface area contributed by atoms with Crippen molar-refractivity contribution in [3.05, 3.63) is 30.2 Å². The highest BCUT2D eigenvalue weighted by atomic mass is 15.2. The van der Waals surface area contributed by atoms with Crippen molar-refractivity contribution in [1.29, 1.82) is 0 Å². The molecule has 3 N–H and O–H groups in total. The zero-order valence-corrected chi connectivity index (χ0v) is 10.4. The SMILES string of the molecule is Nc1n[nH]c(C2CCCCC2)c1-c1ccncc1. The predicted molar refractivity (Wildman–Crippen MR) is 72.1 cm³/mol. The average Bonchev–Trinajstić information content (AvgIpc) is 2.83. The first-order valence-electron chi connectivity index (χ1n) is 6.60. The summed E-state index contributed by atoms with van der Waals surface area (Å²) in [5.74, 6) is 1.17. The summed E-state index contributed by atoms with van der Waals surface area (Å²) in [7, 11) is 0. The van der Waals surface area contributed by atoms with Crippen molar-refractivity contribution in [3.8, 4) is 11.1 Å². The van der Waals surface area contributed by atoms with E-state index in [-0.39, 0.29) is 0 Å². The van der Waals surface area contributed by atoms with Gasteiger partial charge in [0.1, 0.15) is 0 Å². The van der Waals surface area contributed by atoms with Gasteiger partial charge in [0.05, 0.1) is 0 Å². The topological polar surface area (TPSA) is 67.6 Å². The Labute approximate surface area is 107 Å². The van der Waals surface area contributed by atoms with E-state index in [9.17, 15) is 0 Å². The molecule has 1 fully saturated rings. The monoisotopic (exact) mass is 242 g/mol. The summed E-state index contributed by atoms with van der Waals surface area (Å²) in [4.78, 5) is 4.06. The van der Waals surface area contributed by atoms with Crippen molar-refractivity contribution in [1.82, 2.24) is 15.2 Å². The van der Waals surface area contributed by atoms with Crippen LogP contribution in [0.4, 0.5) is 5.82 Å². The van der Waals surface area contributed by atoms with Gasteiger partial charge in [0.2, 0.25) is 0 Å². The third kappa shape index (κ3) is 1.98. The van der Waals surface area contributed by atoms with E-state index in [1.54, 1.807) is 12.4 Å². The quantitative estimate of drug-likeness (QED) is 0.850. The molecule has 0 saturated heterocycles. The third-order valence-corrected chi connectivity index (χ3v) is 3.80. The van der Waals surface area contributed by atoms with Gasteiger partial charge < -0.3 is 5.73 Å². The minimum absolute atomic E-state index is 0.576. The molecule has 4 nitrogen and oxygen atoms in total. The zero-order chi connectivity index (χ0) is 12.4. The lowest BCUT2D eigenvalue weighted by atomic mass is 9.84. The van der Waals surface area contributed by atoms with E-state index in [4.69, 9.17) is 5.73 Å². The highest BCUT2D eigenvalue weighted by Crippen LogP contribution is 2.38. The van der Waals surface area contributed by atoms with Gasteiger partial charge >= 0.3 is 0 Å². The van der Waals surface area contributed by atoms with Crippen LogP contribution in [0.15, 0.2) is 24.5 Å². The molecule has 0 aromatic carbocycles. The van der Waals surface area contributed by atoms with Crippen LogP contribution in [0.3, 0.4) is 0 Å². The maximum atomic E-state index is 6.02. The number of aromatic amines is 1. The molecule has 0 amide bonds. The molecule has 2 heterocycles. The molecule has 3 rings (SSSR count). The first kappa shape index (κ1) is 11.3. The lowest BCUT2D eigenvalue weighted by Gasteiger charge is -2.21. The van der Waals surface area contributed by atoms with Crippen molar-refractivity contribution < 1.29 is 0 Å². The molecule has 0 spiro atoms. The fourth-order valence-electron chi connectivity index (χ4n) is 2.88. The van der Waals surface area contributed by atoms with Gasteiger partial charge in [0.25, 0.3) is 0 Å². The number of rotatable bonds is 2. The smallest absolute Gasteiger partial charge is 0.153 e. The fourth-order valence-corrected chi connectivity index (χ4v) is 2.88. The van der Waals surface area contributed by atoms with E-state index in [1.165, 1.54) is 37.8 Å². The second kappa shape index (κ2) is 4.80. The second-order valence-corrected chi connectivity index (χ2v) is 4.97. The average molecular weight is 242 g/mol. The van der Waals surface area contributed by atoms with Crippen LogP contribution in [0.25, 0.3) is 11.1 Å². The van der Waals surface area contributed by atoms with E-state index in [0.29, 0.717) is 11.7 Å². The summed E-state index contributed by atoms with van der Waals surface area (Å²) < 4.78 is 0. The van der Waals surface area contributed by atoms with Gasteiger partial charge in [-0.1, -0.05) is 19.3 Å². The second-order valence-electron chi connectivity index (χ2n) is 4.97. The Morgan fingerprint density at radius 3 is 2.56 bits per heavy atom. The molecular formula is C14H18N4. The highest BCUT2D eigenvalue weighted by Gasteiger charge is 2.23. The van der Waals surface area contributed by atoms with Crippen LogP contribution in [0.5, 0.6) is 0 Å². The highest BCUT2D eigenvalue weighted by molar-refractivity contribution is 5.76. The van der Waals surface area contributed by atoms with Gasteiger partial charge in [0.15, 0.2) is 5.82 Å². The van der Waals surface area contributed by atoms with Crippen molar-refractivity contribution in [2.75, 3.05) is 5.73 Å². The molecule has 94 valence electrons. The minimum Gasteiger partial charge on any atom is -0.382 e. The van der Waals surface area contributed by atoms with Crippen LogP contribution in [0.1, 0.15) is 43.7 Å². The third-order valence-electron chi connectivity index (χ3n) is 3.80. The maximum absolute atomic E-state index is 6.02. The molecule has 18 heavy (non-hydrogen) atoms. The molecule has 1 aliphatic carbocycles. The molecule has 0 unspecified atom stereocenters. The van der Waals surface area contributed by atoms with Gasteiger partial charge in [-0.15, -0.1) is 0 Å². The van der Waals surface area contributed by atoms with Crippen LogP contribution in [-0.2, 0) is 0 Å². The number of nitrogens with zero attached hydrogens (tertiary/aromatic N) is 2. The molecule has 0 aliphatic heterocycles. The molecule has 0 atom stereocenters. The van der Waals surface area contributed by atoms with Crippen molar-refractivity contribution >= 4 is 5.82 Å². The van der Waals surface area contributed by atoms with Crippen LogP contribution < -0.4 is 5.73 Å². The number of hydrogen-bond acceptors (Lipinski definition) is 3. The Balaban J connectivity index is 2.01. The lowest BCUT2D eigenvalue weighted by molar-refractivity contribution is 0.437. The van der Waals surface area contributed by atoms with Crippen LogP contribution in [0.2, 0.25) is 0 Å². The summed E-state index contributed by atoms with van der Waals surface area (Å²) in [6, 6.07) is 3.99. The Morgan fingerprint density at radius 2 is 1.83 bits per heavy atom.